The molecule has 8 nitrogen and oxygen atoms in total. The molecule has 0 spiro atoms. The molecule has 0 radical (unpaired) electrons. The van der Waals surface area contributed by atoms with Crippen molar-refractivity contribution in [3.05, 3.63) is 83.5 Å². The largest absolute Gasteiger partial charge is 0.375 e. The molecule has 2 aromatic carbocycles. The molecule has 2 saturated heterocycles. The number of hydrogen-bond acceptors (Lipinski definition) is 7. The summed E-state index contributed by atoms with van der Waals surface area (Å²) in [5.41, 5.74) is 3.57. The summed E-state index contributed by atoms with van der Waals surface area (Å²) in [5.74, 6) is 0. The molecule has 0 unspecified atom stereocenters. The predicted molar refractivity (Wildman–Crippen MR) is 150 cm³/mol. The summed E-state index contributed by atoms with van der Waals surface area (Å²) >= 11 is 0. The Bertz CT molecular complexity index is 1040. The van der Waals surface area contributed by atoms with Gasteiger partial charge in [-0.25, -0.2) is 0 Å². The molecule has 0 saturated carbocycles. The molecule has 198 valence electrons. The first kappa shape index (κ1) is 27.0. The van der Waals surface area contributed by atoms with E-state index in [1.807, 2.05) is 36.4 Å². The maximum Gasteiger partial charge on any atom is 0.277 e. The highest BCUT2D eigenvalue weighted by Crippen LogP contribution is 2.32. The van der Waals surface area contributed by atoms with E-state index in [2.05, 4.69) is 44.9 Å². The zero-order valence-electron chi connectivity index (χ0n) is 21.8. The molecule has 0 N–H and O–H groups in total. The highest BCUT2D eigenvalue weighted by Gasteiger charge is 2.19. The number of nitrogens with zero attached hydrogens (tertiary/aromatic N) is 5. The second kappa shape index (κ2) is 13.5. The van der Waals surface area contributed by atoms with Crippen LogP contribution < -0.4 is 4.90 Å². The summed E-state index contributed by atoms with van der Waals surface area (Å²) in [6.45, 7) is 19.5. The van der Waals surface area contributed by atoms with Crippen LogP contribution >= 0.6 is 0 Å². The molecule has 37 heavy (non-hydrogen) atoms. The monoisotopic (exact) mass is 505 g/mol. The molecule has 2 aliphatic rings. The van der Waals surface area contributed by atoms with Crippen molar-refractivity contribution in [3.63, 3.8) is 0 Å². The Morgan fingerprint density at radius 1 is 0.838 bits per heavy atom. The molecule has 2 aromatic rings. The summed E-state index contributed by atoms with van der Waals surface area (Å²) in [6, 6.07) is 13.5. The van der Waals surface area contributed by atoms with Gasteiger partial charge in [0.15, 0.2) is 0 Å². The lowest BCUT2D eigenvalue weighted by Gasteiger charge is -2.35. The van der Waals surface area contributed by atoms with Crippen LogP contribution in [-0.2, 0) is 11.3 Å². The summed E-state index contributed by atoms with van der Waals surface area (Å²) < 4.78 is 5.87. The van der Waals surface area contributed by atoms with Crippen molar-refractivity contribution in [3.8, 4) is 11.1 Å². The van der Waals surface area contributed by atoms with E-state index in [1.165, 1.54) is 0 Å². The third-order valence-corrected chi connectivity index (χ3v) is 7.23. The number of hydrogen-bond donors (Lipinski definition) is 0. The molecule has 8 heteroatoms. The van der Waals surface area contributed by atoms with E-state index >= 15 is 0 Å². The van der Waals surface area contributed by atoms with E-state index in [9.17, 15) is 10.1 Å². The summed E-state index contributed by atoms with van der Waals surface area (Å²) in [7, 11) is 0. The van der Waals surface area contributed by atoms with Crippen LogP contribution in [0.2, 0.25) is 0 Å². The molecule has 2 fully saturated rings. The highest BCUT2D eigenvalue weighted by molar-refractivity contribution is 5.75. The molecule has 0 bridgehead atoms. The quantitative estimate of drug-likeness (QED) is 0.188. The summed E-state index contributed by atoms with van der Waals surface area (Å²) in [4.78, 5) is 21.1. The topological polar surface area (TPSA) is 65.3 Å². The standard InChI is InChI=1S/C29H39N5O3/c1-3-11-30-13-15-32(16-14-30)21-22-37-24-25-5-10-28(29(23-25)34(35)36)26-6-8-27(9-7-26)33-19-17-31(12-4-2)18-20-33/h3-10,23H,1-2,11-22,24H2. The SMILES string of the molecule is C=CCN1CCN(CCOCc2ccc(-c3ccc(N4CCN(CC=C)CC4)cc3)c([N+](=O)[O-])c2)CC1. The Hall–Kier alpha value is -3.04. The Balaban J connectivity index is 1.30. The lowest BCUT2D eigenvalue weighted by atomic mass is 10.0. The van der Waals surface area contributed by atoms with E-state index in [0.29, 0.717) is 18.8 Å². The fourth-order valence-corrected chi connectivity index (χ4v) is 5.05. The Labute approximate surface area is 220 Å². The van der Waals surface area contributed by atoms with Crippen molar-refractivity contribution >= 4 is 11.4 Å². The van der Waals surface area contributed by atoms with Gasteiger partial charge in [0.2, 0.25) is 0 Å². The van der Waals surface area contributed by atoms with Gasteiger partial charge in [-0.15, -0.1) is 13.2 Å². The van der Waals surface area contributed by atoms with Gasteiger partial charge in [0.05, 0.1) is 23.7 Å². The minimum atomic E-state index is -0.297. The van der Waals surface area contributed by atoms with Crippen LogP contribution in [0.5, 0.6) is 0 Å². The lowest BCUT2D eigenvalue weighted by molar-refractivity contribution is -0.384. The molecule has 2 heterocycles. The fourth-order valence-electron chi connectivity index (χ4n) is 5.05. The van der Waals surface area contributed by atoms with Gasteiger partial charge in [-0.2, -0.15) is 0 Å². The average molecular weight is 506 g/mol. The van der Waals surface area contributed by atoms with E-state index < -0.39 is 0 Å². The van der Waals surface area contributed by atoms with Crippen molar-refractivity contribution in [2.24, 2.45) is 0 Å². The molecule has 0 aliphatic carbocycles. The Morgan fingerprint density at radius 2 is 1.43 bits per heavy atom. The first-order valence-electron chi connectivity index (χ1n) is 13.2. The number of nitro groups is 1. The van der Waals surface area contributed by atoms with Crippen LogP contribution in [0.4, 0.5) is 11.4 Å². The third kappa shape index (κ3) is 7.49. The smallest absolute Gasteiger partial charge is 0.277 e. The number of benzene rings is 2. The maximum atomic E-state index is 11.9. The van der Waals surface area contributed by atoms with E-state index in [4.69, 9.17) is 4.74 Å². The second-order valence-electron chi connectivity index (χ2n) is 9.72. The van der Waals surface area contributed by atoms with Gasteiger partial charge in [0, 0.05) is 83.7 Å². The van der Waals surface area contributed by atoms with Crippen molar-refractivity contribution in [2.45, 2.75) is 6.61 Å². The molecule has 4 rings (SSSR count). The average Bonchev–Trinajstić information content (AvgIpc) is 2.93. The fraction of sp³-hybridized carbons (Fsp3) is 0.448. The molecule has 0 amide bonds. The van der Waals surface area contributed by atoms with Gasteiger partial charge < -0.3 is 9.64 Å². The second-order valence-corrected chi connectivity index (χ2v) is 9.72. The molecule has 2 aliphatic heterocycles. The number of ether oxygens (including phenoxy) is 1. The Kier molecular flexibility index (Phi) is 9.85. The molecular weight excluding hydrogens is 466 g/mol. The van der Waals surface area contributed by atoms with Gasteiger partial charge >= 0.3 is 0 Å². The van der Waals surface area contributed by atoms with Crippen molar-refractivity contribution in [1.82, 2.24) is 14.7 Å². The van der Waals surface area contributed by atoms with E-state index in [1.54, 1.807) is 6.07 Å². The first-order chi connectivity index (χ1) is 18.1. The van der Waals surface area contributed by atoms with Crippen molar-refractivity contribution in [1.29, 1.82) is 0 Å². The minimum Gasteiger partial charge on any atom is -0.375 e. The van der Waals surface area contributed by atoms with Gasteiger partial charge in [0.1, 0.15) is 0 Å². The van der Waals surface area contributed by atoms with Crippen LogP contribution in [-0.4, -0.2) is 98.2 Å². The number of piperazine rings is 2. The van der Waals surface area contributed by atoms with Crippen LogP contribution in [0.15, 0.2) is 67.8 Å². The van der Waals surface area contributed by atoms with Crippen LogP contribution in [0, 0.1) is 10.1 Å². The molecule has 0 aromatic heterocycles. The zero-order chi connectivity index (χ0) is 26.0. The molecular formula is C29H39N5O3. The van der Waals surface area contributed by atoms with Crippen LogP contribution in [0.1, 0.15) is 5.56 Å². The normalized spacial score (nSPS) is 17.6. The number of nitro benzene ring substituents is 1. The summed E-state index contributed by atoms with van der Waals surface area (Å²) in [6.07, 6.45) is 3.90. The maximum absolute atomic E-state index is 11.9. The summed E-state index contributed by atoms with van der Waals surface area (Å²) in [5, 5.41) is 11.9. The number of rotatable bonds is 12. The lowest BCUT2D eigenvalue weighted by Crippen LogP contribution is -2.47. The predicted octanol–water partition coefficient (Wildman–Crippen LogP) is 3.89. The minimum absolute atomic E-state index is 0.116. The van der Waals surface area contributed by atoms with Crippen molar-refractivity contribution in [2.75, 3.05) is 83.5 Å². The van der Waals surface area contributed by atoms with E-state index in [0.717, 1.165) is 88.8 Å². The first-order valence-corrected chi connectivity index (χ1v) is 13.2. The Morgan fingerprint density at radius 3 is 2.03 bits per heavy atom. The van der Waals surface area contributed by atoms with E-state index in [-0.39, 0.29) is 10.6 Å². The van der Waals surface area contributed by atoms with Crippen LogP contribution in [0.3, 0.4) is 0 Å². The highest BCUT2D eigenvalue weighted by atomic mass is 16.6. The third-order valence-electron chi connectivity index (χ3n) is 7.23. The van der Waals surface area contributed by atoms with Crippen molar-refractivity contribution < 1.29 is 9.66 Å². The zero-order valence-corrected chi connectivity index (χ0v) is 21.8. The van der Waals surface area contributed by atoms with Gasteiger partial charge in [-0.1, -0.05) is 30.4 Å². The number of anilines is 1. The van der Waals surface area contributed by atoms with Gasteiger partial charge in [-0.05, 0) is 29.3 Å². The van der Waals surface area contributed by atoms with Gasteiger partial charge in [-0.3, -0.25) is 24.8 Å². The molecule has 0 atom stereocenters. The van der Waals surface area contributed by atoms with Gasteiger partial charge in [0.25, 0.3) is 5.69 Å². The van der Waals surface area contributed by atoms with Crippen LogP contribution in [0.25, 0.3) is 11.1 Å².